The Morgan fingerprint density at radius 2 is 2.00 bits per heavy atom. The molecule has 0 amide bonds. The molecule has 0 bridgehead atoms. The van der Waals surface area contributed by atoms with E-state index in [9.17, 15) is 0 Å². The molecule has 0 atom stereocenters. The third kappa shape index (κ3) is 1.95. The molecule has 0 unspecified atom stereocenters. The minimum absolute atomic E-state index is 0.0711. The summed E-state index contributed by atoms with van der Waals surface area (Å²) in [5, 5.41) is 0. The van der Waals surface area contributed by atoms with Crippen LogP contribution >= 0.6 is 0 Å². The number of aromatic nitrogens is 1. The first kappa shape index (κ1) is 12.0. The number of nitrogen functional groups attached to an aromatic ring is 1. The summed E-state index contributed by atoms with van der Waals surface area (Å²) in [5.41, 5.74) is 10.4. The van der Waals surface area contributed by atoms with Crippen LogP contribution in [0.25, 0.3) is 11.1 Å². The van der Waals surface area contributed by atoms with E-state index in [0.717, 1.165) is 29.0 Å². The number of fused-ring (bicyclic) bond motifs is 1. The number of pyridine rings is 1. The number of benzene rings is 1. The highest BCUT2D eigenvalue weighted by atomic mass is 16.5. The molecule has 1 aliphatic rings. The number of nitrogens with two attached hydrogens (primary N) is 1. The highest BCUT2D eigenvalue weighted by molar-refractivity contribution is 5.68. The maximum Gasteiger partial charge on any atom is 0.126 e. The molecule has 3 rings (SSSR count). The second-order valence-electron chi connectivity index (χ2n) is 5.81. The minimum Gasteiger partial charge on any atom is -0.492 e. The summed E-state index contributed by atoms with van der Waals surface area (Å²) < 4.78 is 5.71. The lowest BCUT2D eigenvalue weighted by Gasteiger charge is -2.16. The first-order valence-electron chi connectivity index (χ1n) is 6.47. The maximum absolute atomic E-state index is 5.77. The van der Waals surface area contributed by atoms with Gasteiger partial charge in [0.25, 0.3) is 0 Å². The van der Waals surface area contributed by atoms with E-state index in [-0.39, 0.29) is 5.41 Å². The summed E-state index contributed by atoms with van der Waals surface area (Å²) in [5.74, 6) is 1.59. The van der Waals surface area contributed by atoms with E-state index >= 15 is 0 Å². The molecule has 1 aliphatic heterocycles. The minimum atomic E-state index is 0.0711. The summed E-state index contributed by atoms with van der Waals surface area (Å²) >= 11 is 0. The number of aryl methyl sites for hydroxylation is 1. The van der Waals surface area contributed by atoms with Crippen molar-refractivity contribution in [3.63, 3.8) is 0 Å². The number of nitrogens with zero attached hydrogens (tertiary/aromatic N) is 1. The zero-order valence-electron chi connectivity index (χ0n) is 11.5. The number of rotatable bonds is 1. The first-order valence-corrected chi connectivity index (χ1v) is 6.47. The molecule has 0 spiro atoms. The van der Waals surface area contributed by atoms with Gasteiger partial charge in [0, 0.05) is 22.7 Å². The smallest absolute Gasteiger partial charge is 0.126 e. The topological polar surface area (TPSA) is 48.1 Å². The van der Waals surface area contributed by atoms with Crippen molar-refractivity contribution in [3.05, 3.63) is 41.6 Å². The van der Waals surface area contributed by atoms with E-state index < -0.39 is 0 Å². The SMILES string of the molecule is Cc1cc(-c2ccc3c(c2)C(C)(C)CO3)cnc1N. The van der Waals surface area contributed by atoms with Gasteiger partial charge in [0.05, 0.1) is 6.61 Å². The highest BCUT2D eigenvalue weighted by Gasteiger charge is 2.31. The van der Waals surface area contributed by atoms with Crippen LogP contribution in [0.3, 0.4) is 0 Å². The van der Waals surface area contributed by atoms with Crippen molar-refractivity contribution in [2.24, 2.45) is 0 Å². The Hall–Kier alpha value is -2.03. The molecule has 98 valence electrons. The normalized spacial score (nSPS) is 15.9. The van der Waals surface area contributed by atoms with Crippen LogP contribution in [0.4, 0.5) is 5.82 Å². The zero-order valence-corrected chi connectivity index (χ0v) is 11.5. The van der Waals surface area contributed by atoms with Crippen molar-refractivity contribution in [1.82, 2.24) is 4.98 Å². The van der Waals surface area contributed by atoms with Crippen LogP contribution in [-0.4, -0.2) is 11.6 Å². The second-order valence-corrected chi connectivity index (χ2v) is 5.81. The summed E-state index contributed by atoms with van der Waals surface area (Å²) in [6, 6.07) is 8.40. The first-order chi connectivity index (χ1) is 8.97. The van der Waals surface area contributed by atoms with Crippen LogP contribution in [0, 0.1) is 6.92 Å². The van der Waals surface area contributed by atoms with E-state index in [1.165, 1.54) is 5.56 Å². The fourth-order valence-electron chi connectivity index (χ4n) is 2.44. The quantitative estimate of drug-likeness (QED) is 0.849. The molecule has 0 saturated heterocycles. The van der Waals surface area contributed by atoms with Crippen LogP contribution in [0.1, 0.15) is 25.0 Å². The molecular weight excluding hydrogens is 236 g/mol. The lowest BCUT2D eigenvalue weighted by Crippen LogP contribution is -2.18. The van der Waals surface area contributed by atoms with Gasteiger partial charge < -0.3 is 10.5 Å². The molecule has 1 aromatic heterocycles. The molecular formula is C16H18N2O. The van der Waals surface area contributed by atoms with Gasteiger partial charge in [0.1, 0.15) is 11.6 Å². The van der Waals surface area contributed by atoms with Gasteiger partial charge in [-0.2, -0.15) is 0 Å². The Bertz CT molecular complexity index is 647. The monoisotopic (exact) mass is 254 g/mol. The molecule has 2 heterocycles. The lowest BCUT2D eigenvalue weighted by atomic mass is 9.85. The van der Waals surface area contributed by atoms with Crippen molar-refractivity contribution < 1.29 is 4.74 Å². The van der Waals surface area contributed by atoms with Gasteiger partial charge in [-0.15, -0.1) is 0 Å². The average molecular weight is 254 g/mol. The second kappa shape index (κ2) is 3.98. The van der Waals surface area contributed by atoms with E-state index in [0.29, 0.717) is 5.82 Å². The standard InChI is InChI=1S/C16H18N2O/c1-10-6-12(8-18-15(10)17)11-4-5-14-13(7-11)16(2,3)9-19-14/h4-8H,9H2,1-3H3,(H2,17,18). The summed E-state index contributed by atoms with van der Waals surface area (Å²) in [6.07, 6.45) is 1.83. The molecule has 2 N–H and O–H groups in total. The van der Waals surface area contributed by atoms with Gasteiger partial charge in [0.15, 0.2) is 0 Å². The predicted octanol–water partition coefficient (Wildman–Crippen LogP) is 3.31. The van der Waals surface area contributed by atoms with E-state index in [2.05, 4.69) is 37.0 Å². The van der Waals surface area contributed by atoms with Crippen molar-refractivity contribution in [3.8, 4) is 16.9 Å². The molecule has 19 heavy (non-hydrogen) atoms. The van der Waals surface area contributed by atoms with Crippen molar-refractivity contribution in [2.75, 3.05) is 12.3 Å². The lowest BCUT2D eigenvalue weighted by molar-refractivity contribution is 0.291. The van der Waals surface area contributed by atoms with Crippen LogP contribution in [0.5, 0.6) is 5.75 Å². The largest absolute Gasteiger partial charge is 0.492 e. The van der Waals surface area contributed by atoms with Gasteiger partial charge >= 0.3 is 0 Å². The van der Waals surface area contributed by atoms with Crippen LogP contribution in [0.2, 0.25) is 0 Å². The highest BCUT2D eigenvalue weighted by Crippen LogP contribution is 2.40. The van der Waals surface area contributed by atoms with Gasteiger partial charge in [-0.25, -0.2) is 4.98 Å². The average Bonchev–Trinajstić information content (AvgIpc) is 2.69. The molecule has 2 aromatic rings. The van der Waals surface area contributed by atoms with Crippen LogP contribution in [-0.2, 0) is 5.41 Å². The van der Waals surface area contributed by atoms with Gasteiger partial charge in [-0.05, 0) is 36.2 Å². The predicted molar refractivity (Wildman–Crippen MR) is 77.3 cm³/mol. The van der Waals surface area contributed by atoms with E-state index in [4.69, 9.17) is 10.5 Å². The molecule has 3 nitrogen and oxygen atoms in total. The Balaban J connectivity index is 2.10. The number of hydrogen-bond acceptors (Lipinski definition) is 3. The van der Waals surface area contributed by atoms with Gasteiger partial charge in [0.2, 0.25) is 0 Å². The molecule has 0 fully saturated rings. The Labute approximate surface area is 113 Å². The van der Waals surface area contributed by atoms with Crippen molar-refractivity contribution >= 4 is 5.82 Å². The molecule has 1 aromatic carbocycles. The Morgan fingerprint density at radius 3 is 2.74 bits per heavy atom. The fraction of sp³-hybridized carbons (Fsp3) is 0.312. The third-order valence-corrected chi connectivity index (χ3v) is 3.75. The molecule has 0 aliphatic carbocycles. The number of hydrogen-bond donors (Lipinski definition) is 1. The summed E-state index contributed by atoms with van der Waals surface area (Å²) in [7, 11) is 0. The van der Waals surface area contributed by atoms with Gasteiger partial charge in [-0.3, -0.25) is 0 Å². The van der Waals surface area contributed by atoms with Crippen molar-refractivity contribution in [2.45, 2.75) is 26.2 Å². The van der Waals surface area contributed by atoms with Crippen LogP contribution < -0.4 is 10.5 Å². The Kier molecular flexibility index (Phi) is 2.52. The third-order valence-electron chi connectivity index (χ3n) is 3.75. The zero-order chi connectivity index (χ0) is 13.6. The molecule has 0 saturated carbocycles. The van der Waals surface area contributed by atoms with Gasteiger partial charge in [-0.1, -0.05) is 19.9 Å². The number of ether oxygens (including phenoxy) is 1. The summed E-state index contributed by atoms with van der Waals surface area (Å²) in [6.45, 7) is 7.13. The van der Waals surface area contributed by atoms with E-state index in [1.54, 1.807) is 0 Å². The van der Waals surface area contributed by atoms with E-state index in [1.807, 2.05) is 19.2 Å². The Morgan fingerprint density at radius 1 is 1.21 bits per heavy atom. The molecule has 0 radical (unpaired) electrons. The summed E-state index contributed by atoms with van der Waals surface area (Å²) in [4.78, 5) is 4.23. The number of anilines is 1. The maximum atomic E-state index is 5.77. The fourth-order valence-corrected chi connectivity index (χ4v) is 2.44. The van der Waals surface area contributed by atoms with Crippen LogP contribution in [0.15, 0.2) is 30.5 Å². The molecule has 3 heteroatoms. The van der Waals surface area contributed by atoms with Crippen molar-refractivity contribution in [1.29, 1.82) is 0 Å².